The molecular formula is C48H24N8Tl. The summed E-state index contributed by atoms with van der Waals surface area (Å²) < 4.78 is 4.86. The van der Waals surface area contributed by atoms with Crippen LogP contribution in [0.25, 0.3) is 64.6 Å². The molecule has 0 unspecified atom stereocenters. The Morgan fingerprint density at radius 2 is 0.596 bits per heavy atom. The molecular weight excluding hydrogens is 893 g/mol. The van der Waals surface area contributed by atoms with Gasteiger partial charge in [-0.15, -0.1) is 0 Å². The van der Waals surface area contributed by atoms with Crippen LogP contribution in [-0.4, -0.2) is 52.9 Å². The average Bonchev–Trinajstić information content (AvgIpc) is 3.93. The molecule has 0 aliphatic carbocycles. The number of hydrogen-bond donors (Lipinski definition) is 0. The second-order valence-corrected chi connectivity index (χ2v) is 20.0. The van der Waals surface area contributed by atoms with Crippen molar-refractivity contribution >= 4 is 124 Å². The summed E-state index contributed by atoms with van der Waals surface area (Å²) in [5.41, 5.74) is 5.65. The molecule has 0 amide bonds. The quantitative estimate of drug-likeness (QED) is 0.136. The summed E-state index contributed by atoms with van der Waals surface area (Å²) in [6, 6.07) is 52.0. The summed E-state index contributed by atoms with van der Waals surface area (Å²) in [6.07, 6.45) is 0. The van der Waals surface area contributed by atoms with Crippen LogP contribution in [0, 0.1) is 0 Å². The zero-order valence-electron chi connectivity index (χ0n) is 30.0. The van der Waals surface area contributed by atoms with Gasteiger partial charge in [-0.25, -0.2) is 0 Å². The predicted molar refractivity (Wildman–Crippen MR) is 231 cm³/mol. The molecule has 9 heteroatoms. The van der Waals surface area contributed by atoms with Gasteiger partial charge in [0.25, 0.3) is 0 Å². The molecule has 0 spiro atoms. The molecule has 0 saturated heterocycles. The Labute approximate surface area is 336 Å². The number of rotatable bonds is 0. The van der Waals surface area contributed by atoms with E-state index in [1.807, 2.05) is 0 Å². The van der Waals surface area contributed by atoms with E-state index in [0.29, 0.717) is 23.3 Å². The summed E-state index contributed by atoms with van der Waals surface area (Å²) in [5.74, 6) is 4.40. The predicted octanol–water partition coefficient (Wildman–Crippen LogP) is 9.08. The second kappa shape index (κ2) is 10.9. The van der Waals surface area contributed by atoms with Crippen LogP contribution in [-0.2, 0) is 0 Å². The van der Waals surface area contributed by atoms with Crippen molar-refractivity contribution in [3.05, 3.63) is 179 Å². The van der Waals surface area contributed by atoms with Crippen LogP contribution < -0.4 is 11.0 Å². The van der Waals surface area contributed by atoms with E-state index in [-0.39, 0.29) is 0 Å². The van der Waals surface area contributed by atoms with Gasteiger partial charge < -0.3 is 0 Å². The van der Waals surface area contributed by atoms with Gasteiger partial charge >= 0.3 is 338 Å². The summed E-state index contributed by atoms with van der Waals surface area (Å²) in [6.45, 7) is 0. The van der Waals surface area contributed by atoms with Crippen LogP contribution >= 0.6 is 0 Å². The molecule has 0 fully saturated rings. The molecule has 14 rings (SSSR count). The minimum atomic E-state index is -2.49. The van der Waals surface area contributed by atoms with Gasteiger partial charge in [0.1, 0.15) is 0 Å². The van der Waals surface area contributed by atoms with Crippen LogP contribution in [0.3, 0.4) is 0 Å². The van der Waals surface area contributed by atoms with Gasteiger partial charge in [0, 0.05) is 0 Å². The molecule has 0 atom stereocenters. The molecule has 4 aliphatic heterocycles. The van der Waals surface area contributed by atoms with Crippen LogP contribution in [0.15, 0.2) is 176 Å². The Morgan fingerprint density at radius 3 is 0.947 bits per heavy atom. The van der Waals surface area contributed by atoms with Gasteiger partial charge in [-0.2, -0.15) is 0 Å². The summed E-state index contributed by atoms with van der Waals surface area (Å²) in [4.78, 5) is 32.9. The summed E-state index contributed by atoms with van der Waals surface area (Å²) in [7, 11) is 0. The van der Waals surface area contributed by atoms with E-state index < -0.39 is 24.8 Å². The zero-order chi connectivity index (χ0) is 36.9. The fourth-order valence-corrected chi connectivity index (χ4v) is 14.8. The van der Waals surface area contributed by atoms with Gasteiger partial charge in [0.2, 0.25) is 0 Å². The van der Waals surface area contributed by atoms with Crippen molar-refractivity contribution < 1.29 is 0 Å². The van der Waals surface area contributed by atoms with Gasteiger partial charge in [-0.1, -0.05) is 0 Å². The van der Waals surface area contributed by atoms with E-state index >= 15 is 0 Å². The normalized spacial score (nSPS) is 14.7. The van der Waals surface area contributed by atoms with E-state index in [1.165, 1.54) is 0 Å². The summed E-state index contributed by atoms with van der Waals surface area (Å²) >= 11 is -2.49. The SMILES string of the molecule is c1ccc2cc3c(cc2c1)C1=NC3=Nc2c3cc4ccccc4cc3c3[n]2[Tl][n]2c(c4cc5ccccc5cc4c2=NC2=NC(=N3)c3cc4ccccc4cc32)=N1. The fraction of sp³-hybridized carbons (Fsp3) is 0. The molecule has 6 bridgehead atoms. The van der Waals surface area contributed by atoms with Crippen LogP contribution in [0.1, 0.15) is 22.3 Å². The third-order valence-corrected chi connectivity index (χ3v) is 17.5. The number of benzene rings is 8. The van der Waals surface area contributed by atoms with Crippen molar-refractivity contribution in [1.29, 1.82) is 0 Å². The van der Waals surface area contributed by atoms with E-state index in [0.717, 1.165) is 109 Å². The number of aromatic nitrogens is 2. The van der Waals surface area contributed by atoms with Crippen molar-refractivity contribution in [1.82, 2.24) is 4.75 Å². The van der Waals surface area contributed by atoms with E-state index in [4.69, 9.17) is 30.0 Å². The maximum atomic E-state index is 5.57. The average molecular weight is 917 g/mol. The Bertz CT molecular complexity index is 3600. The van der Waals surface area contributed by atoms with Gasteiger partial charge in [-0.3, -0.25) is 0 Å². The van der Waals surface area contributed by atoms with Gasteiger partial charge in [0.15, 0.2) is 0 Å². The Morgan fingerprint density at radius 1 is 0.298 bits per heavy atom. The van der Waals surface area contributed by atoms with Crippen LogP contribution in [0.4, 0.5) is 11.6 Å². The molecule has 57 heavy (non-hydrogen) atoms. The summed E-state index contributed by atoms with van der Waals surface area (Å²) in [5, 5.41) is 13.3. The Balaban J connectivity index is 1.22. The van der Waals surface area contributed by atoms with Gasteiger partial charge in [0.05, 0.1) is 0 Å². The Hall–Kier alpha value is -6.92. The number of aliphatic imine (C=N–C) groups is 4. The second-order valence-electron chi connectivity index (χ2n) is 15.1. The monoisotopic (exact) mass is 917 g/mol. The first-order valence-corrected chi connectivity index (χ1v) is 23.0. The number of nitrogens with zero attached hydrogens (tertiary/aromatic N) is 8. The molecule has 6 heterocycles. The third kappa shape index (κ3) is 4.19. The minimum absolute atomic E-state index is 0.665. The Kier molecular flexibility index (Phi) is 5.79. The molecule has 8 nitrogen and oxygen atoms in total. The molecule has 0 N–H and O–H groups in total. The maximum absolute atomic E-state index is 5.57. The van der Waals surface area contributed by atoms with Crippen molar-refractivity contribution in [2.45, 2.75) is 0 Å². The first kappa shape index (κ1) is 30.3. The molecule has 0 radical (unpaired) electrons. The van der Waals surface area contributed by atoms with E-state index in [2.05, 4.69) is 150 Å². The molecule has 0 saturated carbocycles. The molecule has 259 valence electrons. The van der Waals surface area contributed by atoms with E-state index in [9.17, 15) is 0 Å². The first-order valence-electron chi connectivity index (χ1n) is 19.0. The molecule has 8 aromatic carbocycles. The van der Waals surface area contributed by atoms with Crippen LogP contribution in [0.5, 0.6) is 0 Å². The van der Waals surface area contributed by atoms with Crippen molar-refractivity contribution in [2.75, 3.05) is 0 Å². The van der Waals surface area contributed by atoms with Crippen molar-refractivity contribution in [3.8, 4) is 0 Å². The van der Waals surface area contributed by atoms with Crippen molar-refractivity contribution in [2.24, 2.45) is 30.0 Å². The van der Waals surface area contributed by atoms with Crippen molar-refractivity contribution in [3.63, 3.8) is 0 Å². The number of amidine groups is 4. The van der Waals surface area contributed by atoms with Gasteiger partial charge in [-0.05, 0) is 0 Å². The molecule has 4 aliphatic rings. The first-order chi connectivity index (χ1) is 28.2. The topological polar surface area (TPSA) is 84.0 Å². The molecule has 10 aromatic rings. The standard InChI is InChI=1S/C48H24N8.Tl/c1-2-10-26-18-34-33(17-25(26)9-1)41-49-42(34)54-44-37-21-29-13-5-6-14-30(29)22-38(37)46(51-44)56-48-40-24-32-16-8-7-15-31(32)23-39(40)47(52-48)55-45-36-20-28-12-4-3-11-27(28)19-35(36)43(50-45)53-41;/h1-24H;/q-2;+2. The fourth-order valence-electron chi connectivity index (χ4n) is 9.14. The molecule has 2 aromatic heterocycles. The number of fused-ring (bicyclic) bond motifs is 18. The third-order valence-electron chi connectivity index (χ3n) is 11.9. The van der Waals surface area contributed by atoms with E-state index in [1.54, 1.807) is 0 Å². The zero-order valence-corrected chi connectivity index (χ0v) is 34.5. The number of hydrogen-bond acceptors (Lipinski definition) is 6. The van der Waals surface area contributed by atoms with Crippen LogP contribution in [0.2, 0.25) is 0 Å².